The van der Waals surface area contributed by atoms with Gasteiger partial charge in [0, 0.05) is 26.0 Å². The van der Waals surface area contributed by atoms with E-state index in [1.54, 1.807) is 0 Å². The Bertz CT molecular complexity index is 231. The van der Waals surface area contributed by atoms with E-state index in [4.69, 9.17) is 10.2 Å². The van der Waals surface area contributed by atoms with Gasteiger partial charge in [-0.15, -0.1) is 0 Å². The van der Waals surface area contributed by atoms with Crippen LogP contribution in [0.2, 0.25) is 0 Å². The minimum Gasteiger partial charge on any atom is -0.481 e. The molecule has 0 fully saturated rings. The topological polar surface area (TPSA) is 86.6 Å². The van der Waals surface area contributed by atoms with Crippen molar-refractivity contribution in [3.63, 3.8) is 0 Å². The predicted octanol–water partition coefficient (Wildman–Crippen LogP) is 1.16. The van der Waals surface area contributed by atoms with Crippen LogP contribution < -0.4 is 5.32 Å². The molecule has 5 heteroatoms. The first-order chi connectivity index (χ1) is 8.06. The molecule has 0 rings (SSSR count). The molecule has 0 aromatic rings. The lowest BCUT2D eigenvalue weighted by atomic mass is 10.1. The van der Waals surface area contributed by atoms with Gasteiger partial charge >= 0.3 is 5.97 Å². The first-order valence-electron chi connectivity index (χ1n) is 6.15. The molecule has 0 heterocycles. The van der Waals surface area contributed by atoms with Crippen LogP contribution in [0.1, 0.15) is 45.4 Å². The van der Waals surface area contributed by atoms with Gasteiger partial charge in [0.15, 0.2) is 0 Å². The van der Waals surface area contributed by atoms with Gasteiger partial charge in [-0.1, -0.05) is 6.92 Å². The monoisotopic (exact) mass is 245 g/mol. The maximum atomic E-state index is 11.3. The lowest BCUT2D eigenvalue weighted by molar-refractivity contribution is -0.137. The van der Waals surface area contributed by atoms with E-state index in [0.29, 0.717) is 25.8 Å². The fourth-order valence-corrected chi connectivity index (χ4v) is 1.42. The third kappa shape index (κ3) is 11.2. The van der Waals surface area contributed by atoms with E-state index < -0.39 is 5.97 Å². The van der Waals surface area contributed by atoms with E-state index in [9.17, 15) is 9.59 Å². The molecule has 1 amide bonds. The quantitative estimate of drug-likeness (QED) is 0.504. The van der Waals surface area contributed by atoms with Crippen LogP contribution in [0.25, 0.3) is 0 Å². The summed E-state index contributed by atoms with van der Waals surface area (Å²) < 4.78 is 0. The average molecular weight is 245 g/mol. The number of carbonyl (C=O) groups excluding carboxylic acids is 1. The number of aliphatic carboxylic acids is 1. The lowest BCUT2D eigenvalue weighted by Gasteiger charge is -2.08. The van der Waals surface area contributed by atoms with Crippen LogP contribution in [0.3, 0.4) is 0 Å². The minimum atomic E-state index is -0.816. The SMILES string of the molecule is CC(CO)CCCNC(=O)CCCCC(=O)O. The highest BCUT2D eigenvalue weighted by Crippen LogP contribution is 2.03. The first kappa shape index (κ1) is 15.9. The highest BCUT2D eigenvalue weighted by molar-refractivity contribution is 5.75. The van der Waals surface area contributed by atoms with E-state index in [1.165, 1.54) is 0 Å². The van der Waals surface area contributed by atoms with E-state index in [1.807, 2.05) is 6.92 Å². The van der Waals surface area contributed by atoms with Gasteiger partial charge in [-0.3, -0.25) is 9.59 Å². The standard InChI is InChI=1S/C12H23NO4/c1-10(9-14)5-4-8-13-11(15)6-2-3-7-12(16)17/h10,14H,2-9H2,1H3,(H,13,15)(H,16,17). The number of amides is 1. The summed E-state index contributed by atoms with van der Waals surface area (Å²) in [5.74, 6) is -0.557. The summed E-state index contributed by atoms with van der Waals surface area (Å²) >= 11 is 0. The second-order valence-electron chi connectivity index (χ2n) is 4.38. The molecule has 0 aromatic carbocycles. The van der Waals surface area contributed by atoms with Gasteiger partial charge < -0.3 is 15.5 Å². The summed E-state index contributed by atoms with van der Waals surface area (Å²) in [6, 6.07) is 0. The maximum Gasteiger partial charge on any atom is 0.303 e. The summed E-state index contributed by atoms with van der Waals surface area (Å²) in [5, 5.41) is 20.0. The van der Waals surface area contributed by atoms with Crippen LogP contribution in [-0.2, 0) is 9.59 Å². The zero-order valence-corrected chi connectivity index (χ0v) is 10.4. The van der Waals surface area contributed by atoms with Gasteiger partial charge in [0.05, 0.1) is 0 Å². The summed E-state index contributed by atoms with van der Waals surface area (Å²) in [7, 11) is 0. The van der Waals surface area contributed by atoms with Crippen LogP contribution in [0.15, 0.2) is 0 Å². The lowest BCUT2D eigenvalue weighted by Crippen LogP contribution is -2.24. The van der Waals surface area contributed by atoms with E-state index >= 15 is 0 Å². The number of aliphatic hydroxyl groups is 1. The Morgan fingerprint density at radius 2 is 1.82 bits per heavy atom. The molecule has 0 spiro atoms. The van der Waals surface area contributed by atoms with Gasteiger partial charge in [0.2, 0.25) is 5.91 Å². The first-order valence-corrected chi connectivity index (χ1v) is 6.15. The molecule has 0 bridgehead atoms. The average Bonchev–Trinajstić information content (AvgIpc) is 2.29. The van der Waals surface area contributed by atoms with Gasteiger partial charge in [-0.2, -0.15) is 0 Å². The number of carboxylic acids is 1. The highest BCUT2D eigenvalue weighted by Gasteiger charge is 2.03. The van der Waals surface area contributed by atoms with Crippen LogP contribution in [0, 0.1) is 5.92 Å². The molecular weight excluding hydrogens is 222 g/mol. The van der Waals surface area contributed by atoms with Crippen LogP contribution in [0.5, 0.6) is 0 Å². The third-order valence-electron chi connectivity index (χ3n) is 2.55. The van der Waals surface area contributed by atoms with Crippen molar-refractivity contribution < 1.29 is 19.8 Å². The summed E-state index contributed by atoms with van der Waals surface area (Å²) in [6.07, 6.45) is 3.44. The van der Waals surface area contributed by atoms with Crippen molar-refractivity contribution in [2.24, 2.45) is 5.92 Å². The molecule has 1 unspecified atom stereocenters. The number of unbranched alkanes of at least 4 members (excludes halogenated alkanes) is 1. The molecule has 0 aliphatic heterocycles. The molecule has 0 aliphatic rings. The zero-order valence-electron chi connectivity index (χ0n) is 10.4. The maximum absolute atomic E-state index is 11.3. The second-order valence-corrected chi connectivity index (χ2v) is 4.38. The van der Waals surface area contributed by atoms with Crippen molar-refractivity contribution in [2.45, 2.75) is 45.4 Å². The van der Waals surface area contributed by atoms with E-state index in [2.05, 4.69) is 5.32 Å². The van der Waals surface area contributed by atoms with Gasteiger partial charge in [0.25, 0.3) is 0 Å². The molecule has 0 saturated heterocycles. The minimum absolute atomic E-state index is 0.0213. The van der Waals surface area contributed by atoms with Crippen molar-refractivity contribution in [1.82, 2.24) is 5.32 Å². The number of rotatable bonds is 10. The molecule has 100 valence electrons. The Hall–Kier alpha value is -1.10. The van der Waals surface area contributed by atoms with Crippen molar-refractivity contribution in [2.75, 3.05) is 13.2 Å². The molecule has 3 N–H and O–H groups in total. The molecule has 1 atom stereocenters. The van der Waals surface area contributed by atoms with Crippen LogP contribution in [0.4, 0.5) is 0 Å². The molecule has 0 saturated carbocycles. The summed E-state index contributed by atoms with van der Waals surface area (Å²) in [6.45, 7) is 2.78. The molecular formula is C12H23NO4. The molecule has 0 aliphatic carbocycles. The number of aliphatic hydroxyl groups excluding tert-OH is 1. The van der Waals surface area contributed by atoms with Gasteiger partial charge in [0.1, 0.15) is 0 Å². The number of carbonyl (C=O) groups is 2. The van der Waals surface area contributed by atoms with Crippen molar-refractivity contribution in [3.05, 3.63) is 0 Å². The molecule has 17 heavy (non-hydrogen) atoms. The van der Waals surface area contributed by atoms with Crippen molar-refractivity contribution >= 4 is 11.9 Å². The van der Waals surface area contributed by atoms with E-state index in [0.717, 1.165) is 12.8 Å². The Balaban J connectivity index is 3.32. The highest BCUT2D eigenvalue weighted by atomic mass is 16.4. The smallest absolute Gasteiger partial charge is 0.303 e. The Labute approximate surface area is 102 Å². The van der Waals surface area contributed by atoms with Crippen molar-refractivity contribution in [3.8, 4) is 0 Å². The second kappa shape index (κ2) is 10.1. The third-order valence-corrected chi connectivity index (χ3v) is 2.55. The Morgan fingerprint density at radius 1 is 1.18 bits per heavy atom. The van der Waals surface area contributed by atoms with Crippen molar-refractivity contribution in [1.29, 1.82) is 0 Å². The van der Waals surface area contributed by atoms with Gasteiger partial charge in [-0.25, -0.2) is 0 Å². The number of hydrogen-bond acceptors (Lipinski definition) is 3. The number of carboxylic acid groups (broad SMARTS) is 1. The molecule has 0 aromatic heterocycles. The number of nitrogens with one attached hydrogen (secondary N) is 1. The normalized spacial score (nSPS) is 12.1. The van der Waals surface area contributed by atoms with Crippen LogP contribution in [-0.4, -0.2) is 35.2 Å². The fourth-order valence-electron chi connectivity index (χ4n) is 1.42. The largest absolute Gasteiger partial charge is 0.481 e. The fraction of sp³-hybridized carbons (Fsp3) is 0.833. The zero-order chi connectivity index (χ0) is 13.1. The van der Waals surface area contributed by atoms with Gasteiger partial charge in [-0.05, 0) is 31.6 Å². The Morgan fingerprint density at radius 3 is 2.41 bits per heavy atom. The molecule has 0 radical (unpaired) electrons. The molecule has 5 nitrogen and oxygen atoms in total. The number of hydrogen-bond donors (Lipinski definition) is 3. The summed E-state index contributed by atoms with van der Waals surface area (Å²) in [5.41, 5.74) is 0. The van der Waals surface area contributed by atoms with Crippen LogP contribution >= 0.6 is 0 Å². The Kier molecular flexibility index (Phi) is 9.43. The predicted molar refractivity (Wildman–Crippen MR) is 64.6 cm³/mol. The summed E-state index contributed by atoms with van der Waals surface area (Å²) in [4.78, 5) is 21.5. The van der Waals surface area contributed by atoms with E-state index in [-0.39, 0.29) is 24.9 Å².